The first-order valence-electron chi connectivity index (χ1n) is 18.5. The second-order valence-corrected chi connectivity index (χ2v) is 15.9. The fourth-order valence-corrected chi connectivity index (χ4v) is 7.96. The molecule has 0 radical (unpaired) electrons. The smallest absolute Gasteiger partial charge is 0.756 e. The Morgan fingerprint density at radius 3 is 2.18 bits per heavy atom. The number of halogens is 1. The average molecular weight is 745 g/mol. The number of phosphoric acid groups is 1. The maximum atomic E-state index is 14.6. The number of phosphoric ester groups is 1. The molecule has 1 aromatic rings. The number of H-pyrrole nitrogens is 1. The SMILES string of the molecule is CCCCCCCCCCCCSC(CCCCCCC)C(C)OCCCOP(=O)([O-])OC[C@H]1O[C@@H](n2cc(C)c(=O)[nH]c2=O)C[C@@H]1F.[Na+]. The molecule has 0 saturated carbocycles. The number of rotatable bonds is 29. The molecule has 1 N–H and O–H groups in total. The number of ether oxygens (including phenoxy) is 2. The third-order valence-corrected chi connectivity index (χ3v) is 11.4. The zero-order valence-electron chi connectivity index (χ0n) is 31.0. The fourth-order valence-electron chi connectivity index (χ4n) is 5.85. The van der Waals surface area contributed by atoms with Crippen LogP contribution in [0.3, 0.4) is 0 Å². The Balaban J connectivity index is 0.0000120. The van der Waals surface area contributed by atoms with E-state index in [4.69, 9.17) is 18.5 Å². The van der Waals surface area contributed by atoms with Crippen molar-refractivity contribution in [3.05, 3.63) is 32.6 Å². The molecule has 1 saturated heterocycles. The molecule has 1 aromatic heterocycles. The Kier molecular flexibility index (Phi) is 26.5. The van der Waals surface area contributed by atoms with Gasteiger partial charge in [0.1, 0.15) is 18.5 Å². The predicted octanol–water partition coefficient (Wildman–Crippen LogP) is 5.15. The molecule has 2 rings (SSSR count). The van der Waals surface area contributed by atoms with Crippen molar-refractivity contribution >= 4 is 19.6 Å². The summed E-state index contributed by atoms with van der Waals surface area (Å²) >= 11 is 2.01. The molecular weight excluding hydrogens is 681 g/mol. The first kappa shape index (κ1) is 47.0. The molecule has 49 heavy (non-hydrogen) atoms. The summed E-state index contributed by atoms with van der Waals surface area (Å²) in [6.07, 6.45) is 18.4. The Morgan fingerprint density at radius 2 is 1.55 bits per heavy atom. The van der Waals surface area contributed by atoms with E-state index < -0.39 is 44.2 Å². The standard InChI is InChI=1S/C35H64FN2O8PS.Na/c1-5-7-9-11-12-13-14-15-17-19-24-48-32(21-18-16-10-8-6-2)29(4)43-22-20-23-44-47(41,42)45-27-31-30(36)25-33(46-31)38-26-28(3)34(39)37-35(38)40;/h26,29-33H,5-25,27H2,1-4H3,(H,41,42)(H,37,39,40);/q;+1/p-1/t29?,30-,31+,32?,33+;/m0./s1. The molecule has 0 spiro atoms. The number of aromatic amines is 1. The van der Waals surface area contributed by atoms with Gasteiger partial charge in [0.25, 0.3) is 13.4 Å². The van der Waals surface area contributed by atoms with Gasteiger partial charge in [-0.25, -0.2) is 9.18 Å². The topological polar surface area (TPSA) is 132 Å². The van der Waals surface area contributed by atoms with Gasteiger partial charge in [-0.1, -0.05) is 104 Å². The zero-order chi connectivity index (χ0) is 35.2. The van der Waals surface area contributed by atoms with Crippen LogP contribution in [0.15, 0.2) is 15.8 Å². The molecule has 0 bridgehead atoms. The second-order valence-electron chi connectivity index (χ2n) is 13.2. The molecule has 3 unspecified atom stereocenters. The van der Waals surface area contributed by atoms with E-state index in [-0.39, 0.29) is 54.3 Å². The van der Waals surface area contributed by atoms with Gasteiger partial charge in [-0.05, 0) is 38.9 Å². The van der Waals surface area contributed by atoms with Crippen LogP contribution in [0.1, 0.15) is 148 Å². The summed E-state index contributed by atoms with van der Waals surface area (Å²) in [6, 6.07) is 0. The van der Waals surface area contributed by atoms with E-state index in [9.17, 15) is 23.4 Å². The van der Waals surface area contributed by atoms with Crippen molar-refractivity contribution in [3.63, 3.8) is 0 Å². The number of unbranched alkanes of at least 4 members (excludes halogenated alkanes) is 13. The number of alkyl halides is 1. The van der Waals surface area contributed by atoms with E-state index in [1.54, 1.807) is 0 Å². The van der Waals surface area contributed by atoms with Crippen molar-refractivity contribution in [2.45, 2.75) is 173 Å². The maximum absolute atomic E-state index is 14.6. The fraction of sp³-hybridized carbons (Fsp3) is 0.886. The zero-order valence-corrected chi connectivity index (χ0v) is 34.7. The Hall–Kier alpha value is -0.0100. The van der Waals surface area contributed by atoms with Gasteiger partial charge in [0.15, 0.2) is 0 Å². The van der Waals surface area contributed by atoms with Gasteiger partial charge < -0.3 is 23.4 Å². The van der Waals surface area contributed by atoms with Crippen molar-refractivity contribution in [2.24, 2.45) is 0 Å². The van der Waals surface area contributed by atoms with Crippen molar-refractivity contribution in [1.82, 2.24) is 9.55 Å². The molecule has 1 aliphatic heterocycles. The molecule has 1 aliphatic rings. The van der Waals surface area contributed by atoms with Crippen LogP contribution in [-0.4, -0.2) is 58.8 Å². The van der Waals surface area contributed by atoms with Crippen LogP contribution in [-0.2, 0) is 23.1 Å². The van der Waals surface area contributed by atoms with Crippen molar-refractivity contribution < 1.29 is 61.9 Å². The van der Waals surface area contributed by atoms with Crippen molar-refractivity contribution in [1.29, 1.82) is 0 Å². The van der Waals surface area contributed by atoms with Gasteiger partial charge in [0.2, 0.25) is 0 Å². The second kappa shape index (κ2) is 27.6. The predicted molar refractivity (Wildman–Crippen MR) is 190 cm³/mol. The van der Waals surface area contributed by atoms with Crippen molar-refractivity contribution in [2.75, 3.05) is 25.6 Å². The van der Waals surface area contributed by atoms with Crippen LogP contribution in [0.2, 0.25) is 0 Å². The van der Waals surface area contributed by atoms with Crippen LogP contribution >= 0.6 is 19.6 Å². The molecule has 1 fully saturated rings. The summed E-state index contributed by atoms with van der Waals surface area (Å²) in [4.78, 5) is 38.2. The summed E-state index contributed by atoms with van der Waals surface area (Å²) in [5, 5.41) is 0.403. The first-order valence-corrected chi connectivity index (χ1v) is 21.0. The minimum atomic E-state index is -4.70. The molecule has 0 aromatic carbocycles. The number of thioether (sulfide) groups is 1. The average Bonchev–Trinajstić information content (AvgIpc) is 3.42. The van der Waals surface area contributed by atoms with Gasteiger partial charge in [0, 0.05) is 30.0 Å². The van der Waals surface area contributed by atoms with Gasteiger partial charge in [-0.15, -0.1) is 0 Å². The van der Waals surface area contributed by atoms with Crippen LogP contribution in [0.5, 0.6) is 0 Å². The van der Waals surface area contributed by atoms with Crippen LogP contribution < -0.4 is 45.7 Å². The Bertz CT molecular complexity index is 1160. The third-order valence-electron chi connectivity index (χ3n) is 8.88. The quantitative estimate of drug-likeness (QED) is 0.0672. The molecule has 14 heteroatoms. The number of nitrogens with zero attached hydrogens (tertiary/aromatic N) is 1. The van der Waals surface area contributed by atoms with E-state index in [0.717, 1.165) is 16.7 Å². The molecule has 6 atom stereocenters. The van der Waals surface area contributed by atoms with E-state index in [1.165, 1.54) is 109 Å². The number of aryl methyl sites for hydroxylation is 1. The third kappa shape index (κ3) is 20.1. The van der Waals surface area contributed by atoms with Gasteiger partial charge in [-0.3, -0.25) is 18.9 Å². The van der Waals surface area contributed by atoms with Crippen LogP contribution in [0.4, 0.5) is 4.39 Å². The van der Waals surface area contributed by atoms with E-state index >= 15 is 0 Å². The Morgan fingerprint density at radius 1 is 0.959 bits per heavy atom. The van der Waals surface area contributed by atoms with E-state index in [2.05, 4.69) is 25.8 Å². The van der Waals surface area contributed by atoms with Gasteiger partial charge >= 0.3 is 35.2 Å². The summed E-state index contributed by atoms with van der Waals surface area (Å²) < 4.78 is 49.6. The van der Waals surface area contributed by atoms with E-state index in [1.807, 2.05) is 11.8 Å². The molecule has 0 aliphatic carbocycles. The Labute approximate surface area is 320 Å². The molecular formula is C35H63FN2NaO8PS. The molecule has 2 heterocycles. The van der Waals surface area contributed by atoms with Gasteiger partial charge in [-0.2, -0.15) is 11.8 Å². The largest absolute Gasteiger partial charge is 1.00 e. The normalized spacial score (nSPS) is 20.2. The molecule has 10 nitrogen and oxygen atoms in total. The summed E-state index contributed by atoms with van der Waals surface area (Å²) in [5.74, 6) is 1.13. The maximum Gasteiger partial charge on any atom is 1.00 e. The summed E-state index contributed by atoms with van der Waals surface area (Å²) in [7, 11) is -4.70. The minimum absolute atomic E-state index is 0. The van der Waals surface area contributed by atoms with E-state index in [0.29, 0.717) is 18.3 Å². The summed E-state index contributed by atoms with van der Waals surface area (Å²) in [6.45, 7) is 7.77. The minimum Gasteiger partial charge on any atom is -0.756 e. The monoisotopic (exact) mass is 744 g/mol. The molecule has 0 amide bonds. The van der Waals surface area contributed by atoms with Crippen molar-refractivity contribution in [3.8, 4) is 0 Å². The van der Waals surface area contributed by atoms with Crippen LogP contribution in [0, 0.1) is 6.92 Å². The number of hydrogen-bond acceptors (Lipinski definition) is 9. The first-order chi connectivity index (χ1) is 23.1. The van der Waals surface area contributed by atoms with Gasteiger partial charge in [0.05, 0.1) is 19.3 Å². The summed E-state index contributed by atoms with van der Waals surface area (Å²) in [5.41, 5.74) is -0.999. The number of nitrogens with one attached hydrogen (secondary N) is 1. The molecule has 280 valence electrons. The number of hydrogen-bond donors (Lipinski definition) is 1. The number of aromatic nitrogens is 2. The van der Waals surface area contributed by atoms with Crippen LogP contribution in [0.25, 0.3) is 0 Å².